The summed E-state index contributed by atoms with van der Waals surface area (Å²) < 4.78 is 0. The third-order valence-corrected chi connectivity index (χ3v) is 5.53. The van der Waals surface area contributed by atoms with Gasteiger partial charge >= 0.3 is 0 Å². The Bertz CT molecular complexity index is 1010. The van der Waals surface area contributed by atoms with Crippen LogP contribution in [0.4, 0.5) is 0 Å². The maximum absolute atomic E-state index is 13.3. The van der Waals surface area contributed by atoms with Crippen molar-refractivity contribution in [2.45, 2.75) is 13.1 Å². The number of likely N-dealkylation sites (N-methyl/N-ethyl adjacent to an activating group) is 1. The second-order valence-electron chi connectivity index (χ2n) is 6.59. The zero-order valence-corrected chi connectivity index (χ0v) is 16.2. The van der Waals surface area contributed by atoms with E-state index < -0.39 is 0 Å². The van der Waals surface area contributed by atoms with Gasteiger partial charge < -0.3 is 4.90 Å². The van der Waals surface area contributed by atoms with Crippen LogP contribution in [0, 0.1) is 0 Å². The largest absolute Gasteiger partial charge is 0.365 e. The fourth-order valence-corrected chi connectivity index (χ4v) is 4.07. The van der Waals surface area contributed by atoms with Crippen LogP contribution >= 0.6 is 11.3 Å². The fourth-order valence-electron chi connectivity index (χ4n) is 3.31. The van der Waals surface area contributed by atoms with Crippen molar-refractivity contribution in [3.05, 3.63) is 94.1 Å². The number of pyridine rings is 1. The van der Waals surface area contributed by atoms with Crippen molar-refractivity contribution in [2.24, 2.45) is 0 Å². The van der Waals surface area contributed by atoms with Gasteiger partial charge in [-0.25, -0.2) is 0 Å². The molecule has 28 heavy (non-hydrogen) atoms. The first-order valence-corrected chi connectivity index (χ1v) is 9.81. The predicted octanol–water partition coefficient (Wildman–Crippen LogP) is 3.56. The van der Waals surface area contributed by atoms with Gasteiger partial charge in [-0.3, -0.25) is 19.5 Å². The third kappa shape index (κ3) is 3.46. The van der Waals surface area contributed by atoms with Crippen LogP contribution < -0.4 is 0 Å². The molecule has 6 heteroatoms. The number of benzene rings is 1. The van der Waals surface area contributed by atoms with Crippen molar-refractivity contribution in [1.29, 1.82) is 0 Å². The lowest BCUT2D eigenvalue weighted by Gasteiger charge is -2.21. The highest BCUT2D eigenvalue weighted by atomic mass is 32.1. The van der Waals surface area contributed by atoms with Crippen molar-refractivity contribution in [3.63, 3.8) is 0 Å². The molecule has 5 nitrogen and oxygen atoms in total. The lowest BCUT2D eigenvalue weighted by molar-refractivity contribution is -0.138. The Morgan fingerprint density at radius 3 is 2.36 bits per heavy atom. The zero-order valence-electron chi connectivity index (χ0n) is 15.4. The number of hydrogen-bond donors (Lipinski definition) is 0. The molecule has 4 rings (SSSR count). The summed E-state index contributed by atoms with van der Waals surface area (Å²) in [5.41, 5.74) is 2.88. The van der Waals surface area contributed by atoms with Crippen LogP contribution in [0.1, 0.15) is 16.0 Å². The van der Waals surface area contributed by atoms with E-state index in [1.807, 2.05) is 71.9 Å². The minimum atomic E-state index is -0.261. The monoisotopic (exact) mass is 389 g/mol. The summed E-state index contributed by atoms with van der Waals surface area (Å²) in [6.07, 6.45) is 3.33. The lowest BCUT2D eigenvalue weighted by Crippen LogP contribution is -2.33. The quantitative estimate of drug-likeness (QED) is 0.605. The molecule has 2 amide bonds. The molecule has 0 N–H and O–H groups in total. The Hall–Kier alpha value is -3.25. The molecule has 1 aliphatic rings. The van der Waals surface area contributed by atoms with Gasteiger partial charge in [-0.1, -0.05) is 36.4 Å². The second-order valence-corrected chi connectivity index (χ2v) is 7.54. The van der Waals surface area contributed by atoms with Crippen molar-refractivity contribution in [1.82, 2.24) is 14.8 Å². The summed E-state index contributed by atoms with van der Waals surface area (Å²) in [4.78, 5) is 34.5. The first-order valence-electron chi connectivity index (χ1n) is 8.93. The van der Waals surface area contributed by atoms with Gasteiger partial charge in [0.15, 0.2) is 0 Å². The highest BCUT2D eigenvalue weighted by molar-refractivity contribution is 7.11. The molecule has 0 radical (unpaired) electrons. The maximum atomic E-state index is 13.3. The topological polar surface area (TPSA) is 53.5 Å². The van der Waals surface area contributed by atoms with E-state index >= 15 is 0 Å². The number of hydrogen-bond acceptors (Lipinski definition) is 5. The summed E-state index contributed by atoms with van der Waals surface area (Å²) in [6.45, 7) is 0.783. The van der Waals surface area contributed by atoms with E-state index in [4.69, 9.17) is 0 Å². The first kappa shape index (κ1) is 18.1. The van der Waals surface area contributed by atoms with E-state index in [0.29, 0.717) is 17.8 Å². The minimum Gasteiger partial charge on any atom is -0.365 e. The Balaban J connectivity index is 1.69. The summed E-state index contributed by atoms with van der Waals surface area (Å²) in [7, 11) is 1.86. The maximum Gasteiger partial charge on any atom is 0.278 e. The summed E-state index contributed by atoms with van der Waals surface area (Å²) in [5, 5.41) is 1.92. The molecule has 0 bridgehead atoms. The molecule has 0 aliphatic carbocycles. The number of nitrogens with zero attached hydrogens (tertiary/aromatic N) is 3. The summed E-state index contributed by atoms with van der Waals surface area (Å²) >= 11 is 1.47. The van der Waals surface area contributed by atoms with Crippen molar-refractivity contribution in [2.75, 3.05) is 7.05 Å². The highest BCUT2D eigenvalue weighted by Gasteiger charge is 2.41. The van der Waals surface area contributed by atoms with Gasteiger partial charge in [-0.15, -0.1) is 11.3 Å². The summed E-state index contributed by atoms with van der Waals surface area (Å²) in [5.74, 6) is -0.511. The van der Waals surface area contributed by atoms with Crippen LogP contribution in [0.3, 0.4) is 0 Å². The van der Waals surface area contributed by atoms with Gasteiger partial charge in [0.25, 0.3) is 11.8 Å². The van der Waals surface area contributed by atoms with E-state index in [0.717, 1.165) is 16.0 Å². The smallest absolute Gasteiger partial charge is 0.278 e. The van der Waals surface area contributed by atoms with Crippen LogP contribution in [-0.2, 0) is 22.7 Å². The predicted molar refractivity (Wildman–Crippen MR) is 109 cm³/mol. The van der Waals surface area contributed by atoms with Crippen molar-refractivity contribution >= 4 is 28.7 Å². The third-order valence-electron chi connectivity index (χ3n) is 4.65. The highest BCUT2D eigenvalue weighted by Crippen LogP contribution is 2.34. The van der Waals surface area contributed by atoms with Crippen LogP contribution in [0.2, 0.25) is 0 Å². The van der Waals surface area contributed by atoms with Gasteiger partial charge in [0.2, 0.25) is 0 Å². The molecule has 0 atom stereocenters. The fraction of sp³-hybridized carbons (Fsp3) is 0.136. The molecule has 1 aromatic carbocycles. The van der Waals surface area contributed by atoms with E-state index in [1.165, 1.54) is 16.2 Å². The van der Waals surface area contributed by atoms with Crippen LogP contribution in [0.25, 0.3) is 5.57 Å². The van der Waals surface area contributed by atoms with E-state index in [2.05, 4.69) is 4.98 Å². The molecule has 1 aliphatic heterocycles. The molecule has 0 fully saturated rings. The van der Waals surface area contributed by atoms with Crippen LogP contribution in [0.5, 0.6) is 0 Å². The van der Waals surface area contributed by atoms with Gasteiger partial charge in [-0.05, 0) is 34.7 Å². The van der Waals surface area contributed by atoms with Crippen molar-refractivity contribution < 1.29 is 9.59 Å². The zero-order chi connectivity index (χ0) is 19.5. The molecular weight excluding hydrogens is 370 g/mol. The van der Waals surface area contributed by atoms with E-state index in [1.54, 1.807) is 12.4 Å². The Morgan fingerprint density at radius 1 is 0.929 bits per heavy atom. The van der Waals surface area contributed by atoms with Gasteiger partial charge in [0.1, 0.15) is 5.70 Å². The second kappa shape index (κ2) is 7.78. The summed E-state index contributed by atoms with van der Waals surface area (Å²) in [6, 6.07) is 17.3. The van der Waals surface area contributed by atoms with Gasteiger partial charge in [-0.2, -0.15) is 0 Å². The Kier molecular flexibility index (Phi) is 5.04. The number of aromatic nitrogens is 1. The average Bonchev–Trinajstić information content (AvgIpc) is 3.32. The normalized spacial score (nSPS) is 14.1. The molecule has 3 aromatic rings. The molecule has 0 saturated heterocycles. The van der Waals surface area contributed by atoms with Gasteiger partial charge in [0.05, 0.1) is 12.1 Å². The molecule has 0 saturated carbocycles. The molecule has 140 valence electrons. The first-order chi connectivity index (χ1) is 13.6. The Labute approximate surface area is 167 Å². The molecule has 2 aromatic heterocycles. The number of imide groups is 1. The van der Waals surface area contributed by atoms with Crippen molar-refractivity contribution in [3.8, 4) is 0 Å². The molecule has 0 spiro atoms. The van der Waals surface area contributed by atoms with Gasteiger partial charge in [0, 0.05) is 30.9 Å². The number of rotatable bonds is 6. The number of thiophene rings is 1. The standard InChI is InChI=1S/C22H19N3O2S/c1-24(14-16-6-3-2-4-7-16)20-19(18-8-5-13-28-18)21(26)25(22(20)27)15-17-9-11-23-12-10-17/h2-13H,14-15H2,1H3. The molecule has 0 unspecified atom stereocenters. The van der Waals surface area contributed by atoms with E-state index in [9.17, 15) is 9.59 Å². The van der Waals surface area contributed by atoms with Crippen LogP contribution in [0.15, 0.2) is 78.1 Å². The van der Waals surface area contributed by atoms with Crippen LogP contribution in [-0.4, -0.2) is 33.6 Å². The van der Waals surface area contributed by atoms with E-state index in [-0.39, 0.29) is 18.4 Å². The number of carbonyl (C=O) groups excluding carboxylic acids is 2. The SMILES string of the molecule is CN(Cc1ccccc1)C1=C(c2cccs2)C(=O)N(Cc2ccncc2)C1=O. The number of carbonyl (C=O) groups is 2. The average molecular weight is 389 g/mol. The molecule has 3 heterocycles. The molecular formula is C22H19N3O2S. The lowest BCUT2D eigenvalue weighted by atomic mass is 10.1. The number of amides is 2. The Morgan fingerprint density at radius 2 is 1.68 bits per heavy atom. The minimum absolute atomic E-state index is 0.234.